The highest BCUT2D eigenvalue weighted by Gasteiger charge is 2.24. The largest absolute Gasteiger partial charge is 0.313 e. The summed E-state index contributed by atoms with van der Waals surface area (Å²) < 4.78 is 11.2. The monoisotopic (exact) mass is 231 g/mol. The summed E-state index contributed by atoms with van der Waals surface area (Å²) in [6.45, 7) is 7.65. The maximum Gasteiger partial charge on any atom is 0.0441 e. The zero-order chi connectivity index (χ0) is 11.4. The van der Waals surface area contributed by atoms with Gasteiger partial charge in [0.15, 0.2) is 0 Å². The van der Waals surface area contributed by atoms with Gasteiger partial charge in [-0.15, -0.1) is 0 Å². The Morgan fingerprint density at radius 3 is 2.53 bits per heavy atom. The topological polar surface area (TPSA) is 29.1 Å². The van der Waals surface area contributed by atoms with Crippen molar-refractivity contribution in [2.75, 3.05) is 12.8 Å². The predicted octanol–water partition coefficient (Wildman–Crippen LogP) is 2.17. The second-order valence-electron chi connectivity index (χ2n) is 5.18. The van der Waals surface area contributed by atoms with E-state index in [9.17, 15) is 4.21 Å². The minimum Gasteiger partial charge on any atom is -0.313 e. The van der Waals surface area contributed by atoms with E-state index in [4.69, 9.17) is 0 Å². The molecule has 0 radical (unpaired) electrons. The molecule has 1 aliphatic rings. The smallest absolute Gasteiger partial charge is 0.0441 e. The average molecular weight is 231 g/mol. The van der Waals surface area contributed by atoms with Gasteiger partial charge >= 0.3 is 0 Å². The third-order valence-corrected chi connectivity index (χ3v) is 5.16. The van der Waals surface area contributed by atoms with Gasteiger partial charge in [0.05, 0.1) is 0 Å². The lowest BCUT2D eigenvalue weighted by Crippen LogP contribution is -2.40. The normalized spacial score (nSPS) is 36.1. The fourth-order valence-corrected chi connectivity index (χ4v) is 2.51. The summed E-state index contributed by atoms with van der Waals surface area (Å²) in [4.78, 5) is 0. The van der Waals surface area contributed by atoms with Crippen LogP contribution >= 0.6 is 0 Å². The van der Waals surface area contributed by atoms with Crippen LogP contribution in [0.15, 0.2) is 0 Å². The average Bonchev–Trinajstić information content (AvgIpc) is 2.19. The molecule has 1 saturated carbocycles. The van der Waals surface area contributed by atoms with Crippen LogP contribution in [0.4, 0.5) is 0 Å². The van der Waals surface area contributed by atoms with Gasteiger partial charge in [-0.3, -0.25) is 4.21 Å². The van der Waals surface area contributed by atoms with Crippen molar-refractivity contribution in [1.82, 2.24) is 5.32 Å². The third-order valence-electron chi connectivity index (χ3n) is 3.86. The van der Waals surface area contributed by atoms with E-state index in [1.165, 1.54) is 19.3 Å². The lowest BCUT2D eigenvalue weighted by atomic mass is 9.79. The van der Waals surface area contributed by atoms with Crippen LogP contribution in [-0.2, 0) is 10.8 Å². The van der Waals surface area contributed by atoms with E-state index < -0.39 is 10.8 Å². The van der Waals surface area contributed by atoms with Crippen LogP contribution in [0.1, 0.15) is 40.0 Å². The van der Waals surface area contributed by atoms with E-state index in [1.807, 2.05) is 0 Å². The third kappa shape index (κ3) is 4.23. The fraction of sp³-hybridized carbons (Fsp3) is 1.00. The molecule has 1 fully saturated rings. The quantitative estimate of drug-likeness (QED) is 0.803. The first-order chi connectivity index (χ1) is 7.00. The summed E-state index contributed by atoms with van der Waals surface area (Å²) in [5.74, 6) is 1.71. The molecule has 5 atom stereocenters. The molecule has 1 aliphatic carbocycles. The van der Waals surface area contributed by atoms with Gasteiger partial charge in [-0.25, -0.2) is 0 Å². The molecule has 0 saturated heterocycles. The van der Waals surface area contributed by atoms with Crippen LogP contribution < -0.4 is 5.32 Å². The van der Waals surface area contributed by atoms with Crippen LogP contribution in [-0.4, -0.2) is 28.3 Å². The molecule has 2 nitrogen and oxygen atoms in total. The molecule has 0 aromatic rings. The van der Waals surface area contributed by atoms with Crippen LogP contribution in [0.2, 0.25) is 0 Å². The maximum absolute atomic E-state index is 11.2. The van der Waals surface area contributed by atoms with Crippen molar-refractivity contribution in [3.05, 3.63) is 0 Å². The van der Waals surface area contributed by atoms with Gasteiger partial charge < -0.3 is 5.32 Å². The Hall–Kier alpha value is 0.110. The molecule has 15 heavy (non-hydrogen) atoms. The minimum absolute atomic E-state index is 0.277. The highest BCUT2D eigenvalue weighted by molar-refractivity contribution is 7.84. The summed E-state index contributed by atoms with van der Waals surface area (Å²) in [5, 5.41) is 3.84. The van der Waals surface area contributed by atoms with Crippen LogP contribution in [0.3, 0.4) is 0 Å². The summed E-state index contributed by atoms with van der Waals surface area (Å²) in [6, 6.07) is 0.655. The summed E-state index contributed by atoms with van der Waals surface area (Å²) >= 11 is 0. The fourth-order valence-electron chi connectivity index (χ4n) is 2.18. The maximum atomic E-state index is 11.2. The van der Waals surface area contributed by atoms with Gasteiger partial charge in [-0.05, 0) is 38.0 Å². The van der Waals surface area contributed by atoms with Gasteiger partial charge in [0, 0.05) is 34.9 Å². The van der Waals surface area contributed by atoms with Crippen LogP contribution in [0, 0.1) is 11.8 Å². The number of nitrogens with one attached hydrogen (secondary N) is 1. The van der Waals surface area contributed by atoms with E-state index in [0.29, 0.717) is 6.04 Å². The van der Waals surface area contributed by atoms with Crippen LogP contribution in [0.25, 0.3) is 0 Å². The molecule has 0 aromatic carbocycles. The van der Waals surface area contributed by atoms with E-state index in [-0.39, 0.29) is 5.25 Å². The Morgan fingerprint density at radius 1 is 1.33 bits per heavy atom. The number of hydrogen-bond acceptors (Lipinski definition) is 2. The molecule has 0 bridgehead atoms. The second kappa shape index (κ2) is 6.00. The highest BCUT2D eigenvalue weighted by atomic mass is 32.2. The van der Waals surface area contributed by atoms with Crippen LogP contribution in [0.5, 0.6) is 0 Å². The van der Waals surface area contributed by atoms with Crippen molar-refractivity contribution >= 4 is 10.8 Å². The Labute approximate surface area is 96.7 Å². The molecule has 0 amide bonds. The Kier molecular flexibility index (Phi) is 5.27. The van der Waals surface area contributed by atoms with Crippen molar-refractivity contribution in [2.45, 2.75) is 51.3 Å². The number of hydrogen-bond donors (Lipinski definition) is 1. The first-order valence-electron chi connectivity index (χ1n) is 6.06. The summed E-state index contributed by atoms with van der Waals surface area (Å²) in [6.07, 6.45) is 5.69. The first-order valence-corrected chi connectivity index (χ1v) is 7.68. The molecule has 0 unspecified atom stereocenters. The first kappa shape index (κ1) is 13.2. The van der Waals surface area contributed by atoms with E-state index in [1.54, 1.807) is 6.26 Å². The molecular weight excluding hydrogens is 206 g/mol. The van der Waals surface area contributed by atoms with E-state index >= 15 is 0 Å². The summed E-state index contributed by atoms with van der Waals surface area (Å²) in [5.41, 5.74) is 0. The van der Waals surface area contributed by atoms with Gasteiger partial charge in [0.2, 0.25) is 0 Å². The zero-order valence-corrected chi connectivity index (χ0v) is 11.3. The van der Waals surface area contributed by atoms with E-state index in [0.717, 1.165) is 18.4 Å². The Bertz CT molecular complexity index is 220. The molecule has 1 rings (SSSR count). The standard InChI is InChI=1S/C12H25NOS/c1-9-5-6-12(7-10(9)2)13-8-11(3)15(4)14/h9-13H,5-8H2,1-4H3/t9-,10-,11+,12+,15+/m1/s1. The molecule has 0 aromatic heterocycles. The van der Waals surface area contributed by atoms with Gasteiger partial charge in [0.1, 0.15) is 0 Å². The molecule has 1 N–H and O–H groups in total. The molecule has 90 valence electrons. The minimum atomic E-state index is -0.693. The Balaban J connectivity index is 2.25. The summed E-state index contributed by atoms with van der Waals surface area (Å²) in [7, 11) is -0.693. The lowest BCUT2D eigenvalue weighted by molar-refractivity contribution is 0.227. The number of rotatable bonds is 4. The highest BCUT2D eigenvalue weighted by Crippen LogP contribution is 2.29. The van der Waals surface area contributed by atoms with E-state index in [2.05, 4.69) is 26.1 Å². The van der Waals surface area contributed by atoms with Gasteiger partial charge in [0.25, 0.3) is 0 Å². The van der Waals surface area contributed by atoms with Crippen molar-refractivity contribution in [1.29, 1.82) is 0 Å². The molecule has 0 heterocycles. The lowest BCUT2D eigenvalue weighted by Gasteiger charge is -2.33. The van der Waals surface area contributed by atoms with Crippen molar-refractivity contribution in [2.24, 2.45) is 11.8 Å². The predicted molar refractivity (Wildman–Crippen MR) is 67.5 cm³/mol. The van der Waals surface area contributed by atoms with Gasteiger partial charge in [-0.1, -0.05) is 13.8 Å². The molecule has 3 heteroatoms. The molecule has 0 aliphatic heterocycles. The molecular formula is C12H25NOS. The SMILES string of the molecule is C[C@@H]1CC[C@H](NC[C@H](C)[S@](C)=O)C[C@H]1C. The molecule has 0 spiro atoms. The Morgan fingerprint density at radius 2 is 2.00 bits per heavy atom. The zero-order valence-electron chi connectivity index (χ0n) is 10.5. The van der Waals surface area contributed by atoms with Crippen molar-refractivity contribution < 1.29 is 4.21 Å². The van der Waals surface area contributed by atoms with Crippen molar-refractivity contribution in [3.63, 3.8) is 0 Å². The van der Waals surface area contributed by atoms with Gasteiger partial charge in [-0.2, -0.15) is 0 Å². The van der Waals surface area contributed by atoms with Crippen molar-refractivity contribution in [3.8, 4) is 0 Å². The second-order valence-corrected chi connectivity index (χ2v) is 6.98.